The quantitative estimate of drug-likeness (QED) is 0.920. The van der Waals surface area contributed by atoms with Crippen molar-refractivity contribution in [1.29, 1.82) is 0 Å². The second-order valence-corrected chi connectivity index (χ2v) is 4.57. The maximum absolute atomic E-state index is 13.6. The van der Waals surface area contributed by atoms with Gasteiger partial charge in [-0.05, 0) is 27.0 Å². The minimum Gasteiger partial charge on any atom is -0.316 e. The predicted molar refractivity (Wildman–Crippen MR) is 69.9 cm³/mol. The molecule has 2 rings (SSSR count). The van der Waals surface area contributed by atoms with Crippen LogP contribution in [0.1, 0.15) is 22.5 Å². The average molecular weight is 265 g/mol. The maximum Gasteiger partial charge on any atom is 0.131 e. The van der Waals surface area contributed by atoms with Crippen molar-refractivity contribution in [3.8, 4) is 0 Å². The van der Waals surface area contributed by atoms with Crippen LogP contribution in [0.3, 0.4) is 0 Å². The lowest BCUT2D eigenvalue weighted by Gasteiger charge is -2.07. The molecule has 1 N–H and O–H groups in total. The molecule has 0 amide bonds. The molecule has 5 heteroatoms. The fourth-order valence-electron chi connectivity index (χ4n) is 2.13. The van der Waals surface area contributed by atoms with Crippen molar-refractivity contribution in [1.82, 2.24) is 15.1 Å². The third-order valence-electron chi connectivity index (χ3n) is 3.22. The van der Waals surface area contributed by atoms with Crippen LogP contribution < -0.4 is 5.32 Å². The number of nitrogens with one attached hydrogen (secondary N) is 1. The van der Waals surface area contributed by atoms with Crippen LogP contribution in [0.5, 0.6) is 0 Å². The van der Waals surface area contributed by atoms with Crippen molar-refractivity contribution in [3.63, 3.8) is 0 Å². The SMILES string of the molecule is CNCc1c(C)nn(Cc2ccc(F)cc2F)c1C. The average Bonchev–Trinajstić information content (AvgIpc) is 2.61. The van der Waals surface area contributed by atoms with E-state index in [0.717, 1.165) is 29.6 Å². The van der Waals surface area contributed by atoms with Crippen molar-refractivity contribution < 1.29 is 8.78 Å². The van der Waals surface area contributed by atoms with E-state index in [1.807, 2.05) is 20.9 Å². The lowest BCUT2D eigenvalue weighted by molar-refractivity contribution is 0.554. The van der Waals surface area contributed by atoms with E-state index in [1.54, 1.807) is 4.68 Å². The largest absolute Gasteiger partial charge is 0.316 e. The van der Waals surface area contributed by atoms with E-state index in [0.29, 0.717) is 12.1 Å². The predicted octanol–water partition coefficient (Wildman–Crippen LogP) is 2.55. The summed E-state index contributed by atoms with van der Waals surface area (Å²) in [7, 11) is 1.87. The normalized spacial score (nSPS) is 11.0. The molecule has 0 radical (unpaired) electrons. The first-order valence-corrected chi connectivity index (χ1v) is 6.14. The Hall–Kier alpha value is -1.75. The number of aryl methyl sites for hydroxylation is 1. The monoisotopic (exact) mass is 265 g/mol. The minimum absolute atomic E-state index is 0.308. The van der Waals surface area contributed by atoms with Crippen LogP contribution in [0.15, 0.2) is 18.2 Å². The van der Waals surface area contributed by atoms with Gasteiger partial charge in [0.1, 0.15) is 11.6 Å². The molecule has 0 saturated carbocycles. The molecular weight excluding hydrogens is 248 g/mol. The van der Waals surface area contributed by atoms with Crippen LogP contribution in [-0.4, -0.2) is 16.8 Å². The third-order valence-corrected chi connectivity index (χ3v) is 3.22. The standard InChI is InChI=1S/C14H17F2N3/c1-9-13(7-17-3)10(2)19(18-9)8-11-4-5-12(15)6-14(11)16/h4-6,17H,7-8H2,1-3H3. The van der Waals surface area contributed by atoms with Crippen molar-refractivity contribution >= 4 is 0 Å². The number of nitrogens with zero attached hydrogens (tertiary/aromatic N) is 2. The summed E-state index contributed by atoms with van der Waals surface area (Å²) in [5.41, 5.74) is 3.47. The molecule has 0 spiro atoms. The zero-order chi connectivity index (χ0) is 14.0. The summed E-state index contributed by atoms with van der Waals surface area (Å²) in [5.74, 6) is -1.10. The van der Waals surface area contributed by atoms with Crippen molar-refractivity contribution in [2.75, 3.05) is 7.05 Å². The molecule has 0 aliphatic carbocycles. The van der Waals surface area contributed by atoms with Gasteiger partial charge in [0.2, 0.25) is 0 Å². The summed E-state index contributed by atoms with van der Waals surface area (Å²) in [6.07, 6.45) is 0. The lowest BCUT2D eigenvalue weighted by atomic mass is 10.2. The molecule has 0 bridgehead atoms. The van der Waals surface area contributed by atoms with E-state index in [4.69, 9.17) is 0 Å². The number of hydrogen-bond donors (Lipinski definition) is 1. The molecule has 1 heterocycles. The molecule has 3 nitrogen and oxygen atoms in total. The molecule has 1 aromatic heterocycles. The second-order valence-electron chi connectivity index (χ2n) is 4.57. The summed E-state index contributed by atoms with van der Waals surface area (Å²) in [4.78, 5) is 0. The van der Waals surface area contributed by atoms with Gasteiger partial charge in [-0.25, -0.2) is 8.78 Å². The van der Waals surface area contributed by atoms with Gasteiger partial charge in [-0.2, -0.15) is 5.10 Å². The molecule has 0 aliphatic rings. The van der Waals surface area contributed by atoms with Crippen LogP contribution in [0.4, 0.5) is 8.78 Å². The van der Waals surface area contributed by atoms with Crippen LogP contribution >= 0.6 is 0 Å². The minimum atomic E-state index is -0.564. The lowest BCUT2D eigenvalue weighted by Crippen LogP contribution is -2.09. The van der Waals surface area contributed by atoms with Crippen molar-refractivity contribution in [2.24, 2.45) is 0 Å². The Labute approximate surface area is 111 Å². The van der Waals surface area contributed by atoms with E-state index < -0.39 is 11.6 Å². The Morgan fingerprint density at radius 3 is 2.63 bits per heavy atom. The van der Waals surface area contributed by atoms with Gasteiger partial charge in [0.15, 0.2) is 0 Å². The number of benzene rings is 1. The number of rotatable bonds is 4. The van der Waals surface area contributed by atoms with E-state index in [9.17, 15) is 8.78 Å². The zero-order valence-electron chi connectivity index (χ0n) is 11.3. The van der Waals surface area contributed by atoms with Crippen LogP contribution in [0.2, 0.25) is 0 Å². The highest BCUT2D eigenvalue weighted by molar-refractivity contribution is 5.26. The Morgan fingerprint density at radius 1 is 1.26 bits per heavy atom. The Morgan fingerprint density at radius 2 is 2.00 bits per heavy atom. The Balaban J connectivity index is 2.31. The maximum atomic E-state index is 13.6. The molecule has 19 heavy (non-hydrogen) atoms. The first kappa shape index (κ1) is 13.7. The number of aromatic nitrogens is 2. The Bertz CT molecular complexity index is 591. The van der Waals surface area contributed by atoms with Gasteiger partial charge in [-0.3, -0.25) is 4.68 Å². The highest BCUT2D eigenvalue weighted by atomic mass is 19.1. The van der Waals surface area contributed by atoms with Crippen molar-refractivity contribution in [3.05, 3.63) is 52.3 Å². The summed E-state index contributed by atoms with van der Waals surface area (Å²) in [5, 5.41) is 7.49. The molecule has 2 aromatic rings. The third kappa shape index (κ3) is 2.81. The molecule has 0 aliphatic heterocycles. The van der Waals surface area contributed by atoms with E-state index >= 15 is 0 Å². The molecule has 0 atom stereocenters. The van der Waals surface area contributed by atoms with E-state index in [2.05, 4.69) is 10.4 Å². The summed E-state index contributed by atoms with van der Waals surface area (Å²) >= 11 is 0. The van der Waals surface area contributed by atoms with E-state index in [-0.39, 0.29) is 0 Å². The van der Waals surface area contributed by atoms with Gasteiger partial charge in [0.25, 0.3) is 0 Å². The van der Waals surface area contributed by atoms with Gasteiger partial charge >= 0.3 is 0 Å². The summed E-state index contributed by atoms with van der Waals surface area (Å²) in [6, 6.07) is 3.62. The first-order valence-electron chi connectivity index (χ1n) is 6.14. The number of halogens is 2. The molecule has 1 aromatic carbocycles. The fourth-order valence-corrected chi connectivity index (χ4v) is 2.13. The highest BCUT2D eigenvalue weighted by Gasteiger charge is 2.12. The second kappa shape index (κ2) is 5.48. The molecule has 0 fully saturated rings. The van der Waals surface area contributed by atoms with Gasteiger partial charge in [-0.15, -0.1) is 0 Å². The highest BCUT2D eigenvalue weighted by Crippen LogP contribution is 2.16. The zero-order valence-corrected chi connectivity index (χ0v) is 11.3. The molecule has 0 unspecified atom stereocenters. The van der Waals surface area contributed by atoms with E-state index in [1.165, 1.54) is 12.1 Å². The number of hydrogen-bond acceptors (Lipinski definition) is 2. The van der Waals surface area contributed by atoms with Gasteiger partial charge < -0.3 is 5.32 Å². The van der Waals surface area contributed by atoms with Crippen LogP contribution in [0.25, 0.3) is 0 Å². The van der Waals surface area contributed by atoms with Crippen LogP contribution in [0, 0.1) is 25.5 Å². The Kier molecular flexibility index (Phi) is 3.95. The van der Waals surface area contributed by atoms with Gasteiger partial charge in [0, 0.05) is 29.4 Å². The van der Waals surface area contributed by atoms with Crippen LogP contribution in [-0.2, 0) is 13.1 Å². The summed E-state index contributed by atoms with van der Waals surface area (Å²) in [6.45, 7) is 4.91. The topological polar surface area (TPSA) is 29.9 Å². The first-order chi connectivity index (χ1) is 9.02. The van der Waals surface area contributed by atoms with Crippen molar-refractivity contribution in [2.45, 2.75) is 26.9 Å². The molecule has 0 saturated heterocycles. The molecule has 102 valence electrons. The summed E-state index contributed by atoms with van der Waals surface area (Å²) < 4.78 is 28.2. The fraction of sp³-hybridized carbons (Fsp3) is 0.357. The van der Waals surface area contributed by atoms with Gasteiger partial charge in [-0.1, -0.05) is 6.07 Å². The molecular formula is C14H17F2N3. The van der Waals surface area contributed by atoms with Gasteiger partial charge in [0.05, 0.1) is 12.2 Å². The smallest absolute Gasteiger partial charge is 0.131 e.